The van der Waals surface area contributed by atoms with Crippen molar-refractivity contribution in [3.63, 3.8) is 0 Å². The molecule has 3 heterocycles. The number of fused-ring (bicyclic) bond motifs is 1. The predicted molar refractivity (Wildman–Crippen MR) is 119 cm³/mol. The monoisotopic (exact) mass is 464 g/mol. The van der Waals surface area contributed by atoms with Crippen molar-refractivity contribution in [2.75, 3.05) is 39.0 Å². The third kappa shape index (κ3) is 4.42. The number of imidazole rings is 1. The van der Waals surface area contributed by atoms with Crippen molar-refractivity contribution in [3.8, 4) is 17.0 Å². The lowest BCUT2D eigenvalue weighted by molar-refractivity contribution is -0.274. The number of hydrogen-bond acceptors (Lipinski definition) is 6. The van der Waals surface area contributed by atoms with Gasteiger partial charge in [0.2, 0.25) is 0 Å². The predicted octanol–water partition coefficient (Wildman–Crippen LogP) is 3.75. The zero-order chi connectivity index (χ0) is 23.5. The van der Waals surface area contributed by atoms with Gasteiger partial charge in [-0.3, -0.25) is 4.90 Å². The van der Waals surface area contributed by atoms with E-state index in [1.807, 2.05) is 6.20 Å². The van der Waals surface area contributed by atoms with E-state index in [0.29, 0.717) is 35.2 Å². The van der Waals surface area contributed by atoms with Gasteiger partial charge in [-0.15, -0.1) is 13.2 Å². The number of piperazine rings is 1. The molecule has 0 bridgehead atoms. The second-order valence-electron chi connectivity index (χ2n) is 9.98. The normalized spacial score (nSPS) is 28.3. The molecule has 2 unspecified atom stereocenters. The number of ether oxygens (including phenoxy) is 1. The molecule has 5 rings (SSSR count). The molecule has 2 aliphatic carbocycles. The van der Waals surface area contributed by atoms with E-state index in [1.54, 1.807) is 0 Å². The molecular formula is C23H31F3N6O. The summed E-state index contributed by atoms with van der Waals surface area (Å²) in [6.45, 7) is 8.73. The van der Waals surface area contributed by atoms with Crippen molar-refractivity contribution in [1.82, 2.24) is 24.3 Å². The van der Waals surface area contributed by atoms with Crippen molar-refractivity contribution >= 4 is 5.82 Å². The highest BCUT2D eigenvalue weighted by atomic mass is 19.4. The van der Waals surface area contributed by atoms with Crippen LogP contribution in [0.15, 0.2) is 18.5 Å². The van der Waals surface area contributed by atoms with Crippen LogP contribution in [0.3, 0.4) is 0 Å². The number of rotatable bonds is 5. The smallest absolute Gasteiger partial charge is 0.402 e. The molecule has 2 aromatic rings. The zero-order valence-electron chi connectivity index (χ0n) is 19.2. The summed E-state index contributed by atoms with van der Waals surface area (Å²) in [5.41, 5.74) is 6.65. The molecule has 1 aliphatic heterocycles. The van der Waals surface area contributed by atoms with Gasteiger partial charge >= 0.3 is 6.36 Å². The molecular weight excluding hydrogens is 433 g/mol. The van der Waals surface area contributed by atoms with E-state index in [1.165, 1.54) is 25.1 Å². The molecule has 2 N–H and O–H groups in total. The Hall–Kier alpha value is -2.33. The molecule has 0 spiro atoms. The van der Waals surface area contributed by atoms with Gasteiger partial charge in [0.05, 0.1) is 5.69 Å². The largest absolute Gasteiger partial charge is 0.573 e. The fraction of sp³-hybridized carbons (Fsp3) is 0.652. The van der Waals surface area contributed by atoms with E-state index < -0.39 is 12.1 Å². The van der Waals surface area contributed by atoms with Crippen LogP contribution >= 0.6 is 0 Å². The Kier molecular flexibility index (Phi) is 5.55. The Balaban J connectivity index is 1.34. The van der Waals surface area contributed by atoms with Crippen LogP contribution < -0.4 is 10.5 Å². The Morgan fingerprint density at radius 1 is 1.12 bits per heavy atom. The molecule has 0 amide bonds. The second kappa shape index (κ2) is 8.16. The minimum absolute atomic E-state index is 0.196. The van der Waals surface area contributed by atoms with Gasteiger partial charge in [-0.05, 0) is 37.8 Å². The highest BCUT2D eigenvalue weighted by molar-refractivity contribution is 5.64. The standard InChI is InChI=1S/C23H31F3N6O/c1-13(2)22-29-18(14-8-19(21(27)28-11-14)33-23(24,25)26)12-32(22)20-16-9-15(10-17(16)20)31-6-4-30(3)5-7-31/h8,11-13,15-17,20H,4-7,9-10H2,1-3H3,(H2,27,28). The average molecular weight is 465 g/mol. The molecule has 0 radical (unpaired) electrons. The Labute approximate surface area is 191 Å². The van der Waals surface area contributed by atoms with E-state index in [-0.39, 0.29) is 11.7 Å². The van der Waals surface area contributed by atoms with Crippen LogP contribution in [0.5, 0.6) is 5.75 Å². The summed E-state index contributed by atoms with van der Waals surface area (Å²) in [4.78, 5) is 13.7. The summed E-state index contributed by atoms with van der Waals surface area (Å²) in [7, 11) is 2.18. The number of nitrogens with zero attached hydrogens (tertiary/aromatic N) is 5. The van der Waals surface area contributed by atoms with Crippen LogP contribution in [0.2, 0.25) is 0 Å². The third-order valence-corrected chi connectivity index (χ3v) is 7.43. The first-order valence-corrected chi connectivity index (χ1v) is 11.6. The third-order valence-electron chi connectivity index (χ3n) is 7.43. The molecule has 2 saturated carbocycles. The van der Waals surface area contributed by atoms with Crippen molar-refractivity contribution in [1.29, 1.82) is 0 Å². The Morgan fingerprint density at radius 3 is 2.39 bits per heavy atom. The lowest BCUT2D eigenvalue weighted by Crippen LogP contribution is -2.48. The molecule has 180 valence electrons. The van der Waals surface area contributed by atoms with Gasteiger partial charge < -0.3 is 19.9 Å². The van der Waals surface area contributed by atoms with Crippen LogP contribution in [-0.4, -0.2) is 70.0 Å². The highest BCUT2D eigenvalue weighted by Crippen LogP contribution is 2.62. The maximum atomic E-state index is 12.7. The zero-order valence-corrected chi connectivity index (χ0v) is 19.2. The number of pyridine rings is 1. The molecule has 0 aromatic carbocycles. The SMILES string of the molecule is CC(C)c1nc(-c2cnc(N)c(OC(F)(F)F)c2)cn1C1C2CC(N3CCN(C)CC3)CC21. The maximum Gasteiger partial charge on any atom is 0.573 e. The summed E-state index contributed by atoms with van der Waals surface area (Å²) in [6, 6.07) is 2.35. The minimum Gasteiger partial charge on any atom is -0.402 e. The van der Waals surface area contributed by atoms with Crippen LogP contribution in [0, 0.1) is 11.8 Å². The fourth-order valence-corrected chi connectivity index (χ4v) is 5.69. The van der Waals surface area contributed by atoms with Gasteiger partial charge in [-0.25, -0.2) is 9.97 Å². The Morgan fingerprint density at radius 2 is 1.79 bits per heavy atom. The maximum absolute atomic E-state index is 12.7. The Bertz CT molecular complexity index is 1000. The van der Waals surface area contributed by atoms with E-state index in [0.717, 1.165) is 32.0 Å². The first-order valence-electron chi connectivity index (χ1n) is 11.6. The van der Waals surface area contributed by atoms with E-state index in [4.69, 9.17) is 10.7 Å². The summed E-state index contributed by atoms with van der Waals surface area (Å²) < 4.78 is 44.5. The lowest BCUT2D eigenvalue weighted by atomic mass is 10.1. The molecule has 1 saturated heterocycles. The first-order chi connectivity index (χ1) is 15.6. The number of halogens is 3. The minimum atomic E-state index is -4.83. The highest BCUT2D eigenvalue weighted by Gasteiger charge is 2.58. The molecule has 10 heteroatoms. The number of anilines is 1. The van der Waals surface area contributed by atoms with E-state index in [2.05, 4.69) is 45.0 Å². The van der Waals surface area contributed by atoms with Crippen molar-refractivity contribution in [2.45, 2.75) is 51.1 Å². The summed E-state index contributed by atoms with van der Waals surface area (Å²) in [6.07, 6.45) is 0.997. The number of nitrogens with two attached hydrogens (primary N) is 1. The summed E-state index contributed by atoms with van der Waals surface area (Å²) in [5, 5.41) is 0. The molecule has 33 heavy (non-hydrogen) atoms. The fourth-order valence-electron chi connectivity index (χ4n) is 5.69. The van der Waals surface area contributed by atoms with Crippen molar-refractivity contribution in [2.24, 2.45) is 11.8 Å². The number of hydrogen-bond donors (Lipinski definition) is 1. The molecule has 2 atom stereocenters. The molecule has 3 aliphatic rings. The van der Waals surface area contributed by atoms with Crippen LogP contribution in [0.25, 0.3) is 11.3 Å². The van der Waals surface area contributed by atoms with Gasteiger partial charge in [0.15, 0.2) is 11.6 Å². The average Bonchev–Trinajstić information content (AvgIpc) is 3.09. The number of nitrogen functional groups attached to an aromatic ring is 1. The number of alkyl halides is 3. The number of aromatic nitrogens is 3. The topological polar surface area (TPSA) is 72.4 Å². The van der Waals surface area contributed by atoms with Crippen LogP contribution in [0.4, 0.5) is 19.0 Å². The van der Waals surface area contributed by atoms with Gasteiger partial charge in [0.25, 0.3) is 0 Å². The number of likely N-dealkylation sites (N-methyl/N-ethyl adjacent to an activating group) is 1. The summed E-state index contributed by atoms with van der Waals surface area (Å²) in [5.74, 6) is 1.63. The molecule has 3 fully saturated rings. The van der Waals surface area contributed by atoms with Gasteiger partial charge in [-0.1, -0.05) is 13.8 Å². The first kappa shape index (κ1) is 22.5. The lowest BCUT2D eigenvalue weighted by Gasteiger charge is -2.37. The summed E-state index contributed by atoms with van der Waals surface area (Å²) >= 11 is 0. The van der Waals surface area contributed by atoms with Crippen molar-refractivity contribution in [3.05, 3.63) is 24.3 Å². The van der Waals surface area contributed by atoms with Gasteiger partial charge in [0, 0.05) is 62.1 Å². The molecule has 2 aromatic heterocycles. The van der Waals surface area contributed by atoms with Gasteiger partial charge in [0.1, 0.15) is 5.82 Å². The van der Waals surface area contributed by atoms with E-state index >= 15 is 0 Å². The van der Waals surface area contributed by atoms with Gasteiger partial charge in [-0.2, -0.15) is 0 Å². The van der Waals surface area contributed by atoms with E-state index in [9.17, 15) is 13.2 Å². The van der Waals surface area contributed by atoms with Crippen molar-refractivity contribution < 1.29 is 17.9 Å². The molecule has 7 nitrogen and oxygen atoms in total. The van der Waals surface area contributed by atoms with Crippen LogP contribution in [0.1, 0.15) is 44.5 Å². The quantitative estimate of drug-likeness (QED) is 0.727. The van der Waals surface area contributed by atoms with Crippen LogP contribution in [-0.2, 0) is 0 Å². The second-order valence-corrected chi connectivity index (χ2v) is 9.98.